The van der Waals surface area contributed by atoms with Crippen molar-refractivity contribution in [1.29, 1.82) is 0 Å². The number of likely N-dealkylation sites (N-methyl/N-ethyl adjacent to an activating group) is 1. The highest BCUT2D eigenvalue weighted by Gasteiger charge is 2.30. The third kappa shape index (κ3) is 3.91. The SMILES string of the molecule is CCNc1cnc(C(C)C)nc1C(=O)N(C)C(C)(C)CO. The summed E-state index contributed by atoms with van der Waals surface area (Å²) in [5.41, 5.74) is 0.316. The molecule has 0 aliphatic carbocycles. The van der Waals surface area contributed by atoms with Crippen molar-refractivity contribution in [2.45, 2.75) is 46.1 Å². The molecule has 1 aromatic rings. The molecule has 118 valence electrons. The molecule has 6 heteroatoms. The molecule has 0 unspecified atom stereocenters. The molecule has 1 aromatic heterocycles. The topological polar surface area (TPSA) is 78.4 Å². The Morgan fingerprint density at radius 1 is 1.48 bits per heavy atom. The Morgan fingerprint density at radius 2 is 2.10 bits per heavy atom. The maximum atomic E-state index is 12.7. The van der Waals surface area contributed by atoms with E-state index in [1.807, 2.05) is 34.6 Å². The van der Waals surface area contributed by atoms with Gasteiger partial charge in [0.1, 0.15) is 5.82 Å². The van der Waals surface area contributed by atoms with Crippen LogP contribution in [-0.4, -0.2) is 51.6 Å². The summed E-state index contributed by atoms with van der Waals surface area (Å²) in [6.07, 6.45) is 1.65. The minimum Gasteiger partial charge on any atom is -0.394 e. The lowest BCUT2D eigenvalue weighted by atomic mass is 10.0. The molecule has 0 atom stereocenters. The average molecular weight is 294 g/mol. The monoisotopic (exact) mass is 294 g/mol. The highest BCUT2D eigenvalue weighted by Crippen LogP contribution is 2.21. The van der Waals surface area contributed by atoms with E-state index in [1.165, 1.54) is 4.90 Å². The van der Waals surface area contributed by atoms with Crippen LogP contribution in [0.25, 0.3) is 0 Å². The van der Waals surface area contributed by atoms with Crippen molar-refractivity contribution in [3.8, 4) is 0 Å². The van der Waals surface area contributed by atoms with Gasteiger partial charge in [0.15, 0.2) is 5.69 Å². The van der Waals surface area contributed by atoms with Crippen molar-refractivity contribution in [2.75, 3.05) is 25.5 Å². The molecule has 21 heavy (non-hydrogen) atoms. The van der Waals surface area contributed by atoms with Crippen molar-refractivity contribution in [3.05, 3.63) is 17.7 Å². The highest BCUT2D eigenvalue weighted by atomic mass is 16.3. The summed E-state index contributed by atoms with van der Waals surface area (Å²) in [6.45, 7) is 10.1. The summed E-state index contributed by atoms with van der Waals surface area (Å²) in [4.78, 5) is 22.9. The van der Waals surface area contributed by atoms with Gasteiger partial charge in [-0.05, 0) is 20.8 Å². The zero-order valence-corrected chi connectivity index (χ0v) is 13.8. The van der Waals surface area contributed by atoms with Crippen LogP contribution in [0.4, 0.5) is 5.69 Å². The maximum absolute atomic E-state index is 12.7. The summed E-state index contributed by atoms with van der Waals surface area (Å²) in [6, 6.07) is 0. The van der Waals surface area contributed by atoms with Crippen molar-refractivity contribution in [3.63, 3.8) is 0 Å². The Morgan fingerprint density at radius 3 is 2.57 bits per heavy atom. The number of carbonyl (C=O) groups is 1. The predicted octanol–water partition coefficient (Wildman–Crippen LogP) is 1.87. The number of hydrogen-bond donors (Lipinski definition) is 2. The first-order valence-electron chi connectivity index (χ1n) is 7.24. The van der Waals surface area contributed by atoms with Gasteiger partial charge in [-0.15, -0.1) is 0 Å². The van der Waals surface area contributed by atoms with Gasteiger partial charge in [0, 0.05) is 19.5 Å². The number of nitrogens with one attached hydrogen (secondary N) is 1. The second kappa shape index (κ2) is 6.85. The van der Waals surface area contributed by atoms with Crippen LogP contribution in [0, 0.1) is 0 Å². The number of hydrogen-bond acceptors (Lipinski definition) is 5. The second-order valence-electron chi connectivity index (χ2n) is 6.01. The third-order valence-electron chi connectivity index (χ3n) is 3.49. The van der Waals surface area contributed by atoms with Gasteiger partial charge in [-0.25, -0.2) is 9.97 Å². The van der Waals surface area contributed by atoms with Gasteiger partial charge in [0.05, 0.1) is 24.0 Å². The number of aliphatic hydroxyl groups is 1. The second-order valence-corrected chi connectivity index (χ2v) is 6.01. The van der Waals surface area contributed by atoms with Gasteiger partial charge < -0.3 is 15.3 Å². The first kappa shape index (κ1) is 17.4. The van der Waals surface area contributed by atoms with Crippen LogP contribution in [0.15, 0.2) is 6.20 Å². The molecule has 1 heterocycles. The number of rotatable bonds is 6. The Hall–Kier alpha value is -1.69. The zero-order chi connectivity index (χ0) is 16.2. The van der Waals surface area contributed by atoms with E-state index in [-0.39, 0.29) is 18.4 Å². The van der Waals surface area contributed by atoms with Gasteiger partial charge in [0.25, 0.3) is 5.91 Å². The van der Waals surface area contributed by atoms with E-state index in [2.05, 4.69) is 15.3 Å². The third-order valence-corrected chi connectivity index (χ3v) is 3.49. The minimum atomic E-state index is -0.649. The molecule has 0 saturated carbocycles. The zero-order valence-electron chi connectivity index (χ0n) is 13.8. The molecule has 0 aliphatic rings. The van der Waals surface area contributed by atoms with Crippen LogP contribution in [-0.2, 0) is 0 Å². The minimum absolute atomic E-state index is 0.117. The number of anilines is 1. The van der Waals surface area contributed by atoms with Crippen LogP contribution in [0.3, 0.4) is 0 Å². The Kier molecular flexibility index (Phi) is 5.66. The van der Waals surface area contributed by atoms with E-state index in [0.717, 1.165) is 0 Å². The van der Waals surface area contributed by atoms with E-state index in [0.29, 0.717) is 23.8 Å². The molecule has 6 nitrogen and oxygen atoms in total. The fraction of sp³-hybridized carbons (Fsp3) is 0.667. The fourth-order valence-electron chi connectivity index (χ4n) is 1.70. The summed E-state index contributed by atoms with van der Waals surface area (Å²) in [5, 5.41) is 12.5. The molecule has 2 N–H and O–H groups in total. The number of nitrogens with zero attached hydrogens (tertiary/aromatic N) is 3. The molecule has 1 amide bonds. The van der Waals surface area contributed by atoms with Crippen molar-refractivity contribution >= 4 is 11.6 Å². The molecule has 0 fully saturated rings. The molecule has 0 aliphatic heterocycles. The largest absolute Gasteiger partial charge is 0.394 e. The van der Waals surface area contributed by atoms with Crippen molar-refractivity contribution in [2.24, 2.45) is 0 Å². The summed E-state index contributed by atoms with van der Waals surface area (Å²) >= 11 is 0. The number of amides is 1. The molecule has 0 spiro atoms. The fourth-order valence-corrected chi connectivity index (χ4v) is 1.70. The molecule has 1 rings (SSSR count). The van der Waals surface area contributed by atoms with E-state index >= 15 is 0 Å². The average Bonchev–Trinajstić information content (AvgIpc) is 2.46. The standard InChI is InChI=1S/C15H26N4O2/c1-7-16-11-8-17-13(10(2)3)18-12(11)14(21)19(6)15(4,5)9-20/h8,10,16,20H,7,9H2,1-6H3. The summed E-state index contributed by atoms with van der Waals surface area (Å²) in [7, 11) is 1.67. The Bertz CT molecular complexity index is 500. The molecule has 0 radical (unpaired) electrons. The van der Waals surface area contributed by atoms with Gasteiger partial charge >= 0.3 is 0 Å². The van der Waals surface area contributed by atoms with Crippen LogP contribution in [0.1, 0.15) is 56.8 Å². The van der Waals surface area contributed by atoms with Crippen LogP contribution in [0.5, 0.6) is 0 Å². The lowest BCUT2D eigenvalue weighted by molar-refractivity contribution is 0.0468. The number of carbonyl (C=O) groups excluding carboxylic acids is 1. The maximum Gasteiger partial charge on any atom is 0.275 e. The lowest BCUT2D eigenvalue weighted by Crippen LogP contribution is -2.48. The van der Waals surface area contributed by atoms with Crippen LogP contribution in [0.2, 0.25) is 0 Å². The van der Waals surface area contributed by atoms with Crippen LogP contribution < -0.4 is 5.32 Å². The molecular formula is C15H26N4O2. The normalized spacial score (nSPS) is 11.6. The molecule has 0 saturated heterocycles. The van der Waals surface area contributed by atoms with Crippen molar-refractivity contribution < 1.29 is 9.90 Å². The molecule has 0 aromatic carbocycles. The van der Waals surface area contributed by atoms with Crippen LogP contribution >= 0.6 is 0 Å². The Labute approximate surface area is 126 Å². The van der Waals surface area contributed by atoms with E-state index in [4.69, 9.17) is 0 Å². The van der Waals surface area contributed by atoms with Gasteiger partial charge in [-0.1, -0.05) is 13.8 Å². The smallest absolute Gasteiger partial charge is 0.275 e. The summed E-state index contributed by atoms with van der Waals surface area (Å²) in [5.74, 6) is 0.549. The quantitative estimate of drug-likeness (QED) is 0.837. The Balaban J connectivity index is 3.25. The molecule has 0 bridgehead atoms. The first-order valence-corrected chi connectivity index (χ1v) is 7.24. The molecular weight excluding hydrogens is 268 g/mol. The number of aromatic nitrogens is 2. The number of aliphatic hydroxyl groups excluding tert-OH is 1. The predicted molar refractivity (Wildman–Crippen MR) is 83.5 cm³/mol. The highest BCUT2D eigenvalue weighted by molar-refractivity contribution is 5.97. The van der Waals surface area contributed by atoms with E-state index < -0.39 is 5.54 Å². The summed E-state index contributed by atoms with van der Waals surface area (Å²) < 4.78 is 0. The van der Waals surface area contributed by atoms with E-state index in [9.17, 15) is 9.90 Å². The van der Waals surface area contributed by atoms with E-state index in [1.54, 1.807) is 13.2 Å². The van der Waals surface area contributed by atoms with Gasteiger partial charge in [-0.3, -0.25) is 4.79 Å². The first-order chi connectivity index (χ1) is 9.74. The van der Waals surface area contributed by atoms with Gasteiger partial charge in [-0.2, -0.15) is 0 Å². The van der Waals surface area contributed by atoms with Crippen molar-refractivity contribution in [1.82, 2.24) is 14.9 Å². The lowest BCUT2D eigenvalue weighted by Gasteiger charge is -2.34. The van der Waals surface area contributed by atoms with Gasteiger partial charge in [0.2, 0.25) is 0 Å².